The van der Waals surface area contributed by atoms with Crippen LogP contribution in [-0.4, -0.2) is 67.6 Å². The Morgan fingerprint density at radius 3 is 2.66 bits per heavy atom. The van der Waals surface area contributed by atoms with Crippen molar-refractivity contribution in [1.82, 2.24) is 24.2 Å². The Morgan fingerprint density at radius 2 is 1.97 bits per heavy atom. The first-order valence-corrected chi connectivity index (χ1v) is 10.6. The van der Waals surface area contributed by atoms with Crippen molar-refractivity contribution < 1.29 is 18.1 Å². The molecule has 0 spiro atoms. The standard InChI is InChI=1S/C17H19ClN6O4S/c1-24(29(26,27)28)12-6-11(7-13(12)25)21-16-14-17(20-8-19-16)23-15(22-14)9-2-4-10(18)5-3-9/h2-5,8,11-13,25H,6-7H2,1H3,(H,26,27,28)(H2,19,20,21,22,23)/t11-,12+,13+/m1/s1. The fourth-order valence-corrected chi connectivity index (χ4v) is 4.24. The zero-order chi connectivity index (χ0) is 20.8. The molecule has 1 saturated carbocycles. The largest absolute Gasteiger partial charge is 0.391 e. The van der Waals surface area contributed by atoms with Crippen molar-refractivity contribution >= 4 is 38.9 Å². The SMILES string of the molecule is CN([C@H]1C[C@@H](Nc2ncnc3nc(-c4ccc(Cl)cc4)[nH]c23)C[C@@H]1O)S(=O)(=O)O. The van der Waals surface area contributed by atoms with E-state index in [0.717, 1.165) is 9.87 Å². The summed E-state index contributed by atoms with van der Waals surface area (Å²) in [4.78, 5) is 16.1. The Bertz CT molecular complexity index is 1140. The minimum absolute atomic E-state index is 0.250. The summed E-state index contributed by atoms with van der Waals surface area (Å²) in [5.74, 6) is 1.10. The van der Waals surface area contributed by atoms with Gasteiger partial charge in [0.2, 0.25) is 0 Å². The second-order valence-corrected chi connectivity index (χ2v) is 8.86. The molecule has 154 valence electrons. The molecule has 1 aliphatic rings. The van der Waals surface area contributed by atoms with Crippen LogP contribution < -0.4 is 5.32 Å². The van der Waals surface area contributed by atoms with Crippen molar-refractivity contribution in [2.45, 2.75) is 31.0 Å². The number of hydrogen-bond donors (Lipinski definition) is 4. The molecule has 10 nitrogen and oxygen atoms in total. The van der Waals surface area contributed by atoms with Crippen LogP contribution in [0.25, 0.3) is 22.6 Å². The van der Waals surface area contributed by atoms with Crippen LogP contribution in [0.2, 0.25) is 5.02 Å². The maximum atomic E-state index is 11.4. The predicted octanol–water partition coefficient (Wildman–Crippen LogP) is 1.71. The number of benzene rings is 1. The highest BCUT2D eigenvalue weighted by Crippen LogP contribution is 2.30. The van der Waals surface area contributed by atoms with Gasteiger partial charge >= 0.3 is 10.3 Å². The van der Waals surface area contributed by atoms with Crippen molar-refractivity contribution in [1.29, 1.82) is 0 Å². The number of halogens is 1. The van der Waals surface area contributed by atoms with E-state index in [0.29, 0.717) is 40.7 Å². The normalized spacial score (nSPS) is 22.4. The zero-order valence-corrected chi connectivity index (χ0v) is 16.9. The quantitative estimate of drug-likeness (QED) is 0.440. The Hall–Kier alpha value is -2.31. The van der Waals surface area contributed by atoms with Gasteiger partial charge in [0.25, 0.3) is 0 Å². The van der Waals surface area contributed by atoms with Crippen molar-refractivity contribution in [3.63, 3.8) is 0 Å². The molecule has 0 amide bonds. The number of rotatable bonds is 5. The summed E-state index contributed by atoms with van der Waals surface area (Å²) >= 11 is 5.93. The van der Waals surface area contributed by atoms with E-state index in [1.165, 1.54) is 13.4 Å². The Morgan fingerprint density at radius 1 is 1.24 bits per heavy atom. The number of aliphatic hydroxyl groups is 1. The molecule has 2 aromatic heterocycles. The van der Waals surface area contributed by atoms with E-state index in [9.17, 15) is 18.1 Å². The number of aliphatic hydroxyl groups excluding tert-OH is 1. The van der Waals surface area contributed by atoms with Gasteiger partial charge in [0.05, 0.1) is 12.1 Å². The van der Waals surface area contributed by atoms with E-state index in [1.54, 1.807) is 12.1 Å². The maximum Gasteiger partial charge on any atom is 0.335 e. The van der Waals surface area contributed by atoms with Crippen molar-refractivity contribution in [3.8, 4) is 11.4 Å². The van der Waals surface area contributed by atoms with E-state index in [2.05, 4.69) is 25.3 Å². The number of fused-ring (bicyclic) bond motifs is 1. The number of likely N-dealkylation sites (N-methyl/N-ethyl adjacent to an activating group) is 1. The summed E-state index contributed by atoms with van der Waals surface area (Å²) in [5.41, 5.74) is 1.90. The molecule has 0 unspecified atom stereocenters. The number of nitrogens with one attached hydrogen (secondary N) is 2. The second kappa shape index (κ2) is 7.50. The highest BCUT2D eigenvalue weighted by atomic mass is 35.5. The van der Waals surface area contributed by atoms with Crippen molar-refractivity contribution in [2.24, 2.45) is 0 Å². The monoisotopic (exact) mass is 438 g/mol. The summed E-state index contributed by atoms with van der Waals surface area (Å²) in [6, 6.07) is 6.22. The Labute approximate surface area is 171 Å². The molecule has 1 aromatic carbocycles. The molecule has 1 aliphatic carbocycles. The van der Waals surface area contributed by atoms with Crippen LogP contribution in [0.1, 0.15) is 12.8 Å². The molecule has 0 saturated heterocycles. The van der Waals surface area contributed by atoms with Gasteiger partial charge in [0, 0.05) is 23.7 Å². The van der Waals surface area contributed by atoms with Crippen LogP contribution >= 0.6 is 11.6 Å². The van der Waals surface area contributed by atoms with E-state index in [1.807, 2.05) is 12.1 Å². The molecule has 4 rings (SSSR count). The lowest BCUT2D eigenvalue weighted by Gasteiger charge is -2.23. The smallest absolute Gasteiger partial charge is 0.335 e. The lowest BCUT2D eigenvalue weighted by molar-refractivity contribution is 0.118. The number of nitrogens with zero attached hydrogens (tertiary/aromatic N) is 4. The van der Waals surface area contributed by atoms with Gasteiger partial charge in [-0.05, 0) is 37.1 Å². The number of hydrogen-bond acceptors (Lipinski definition) is 7. The van der Waals surface area contributed by atoms with Gasteiger partial charge in [-0.1, -0.05) is 11.6 Å². The van der Waals surface area contributed by atoms with Crippen LogP contribution in [0.15, 0.2) is 30.6 Å². The second-order valence-electron chi connectivity index (χ2n) is 6.95. The van der Waals surface area contributed by atoms with Gasteiger partial charge in [-0.25, -0.2) is 15.0 Å². The van der Waals surface area contributed by atoms with E-state index >= 15 is 0 Å². The topological polar surface area (TPSA) is 144 Å². The molecule has 0 bridgehead atoms. The number of anilines is 1. The number of imidazole rings is 1. The van der Waals surface area contributed by atoms with Crippen LogP contribution in [-0.2, 0) is 10.3 Å². The minimum atomic E-state index is -4.39. The molecule has 2 heterocycles. The maximum absolute atomic E-state index is 11.4. The third kappa shape index (κ3) is 4.05. The number of aromatic amines is 1. The summed E-state index contributed by atoms with van der Waals surface area (Å²) in [5, 5.41) is 14.1. The molecule has 3 aromatic rings. The number of aromatic nitrogens is 4. The van der Waals surface area contributed by atoms with Crippen LogP contribution in [0.3, 0.4) is 0 Å². The van der Waals surface area contributed by atoms with E-state index < -0.39 is 22.4 Å². The van der Waals surface area contributed by atoms with Gasteiger partial charge in [0.1, 0.15) is 17.7 Å². The average molecular weight is 439 g/mol. The third-order valence-corrected chi connectivity index (χ3v) is 6.32. The molecule has 0 aliphatic heterocycles. The highest BCUT2D eigenvalue weighted by molar-refractivity contribution is 7.83. The zero-order valence-electron chi connectivity index (χ0n) is 15.3. The van der Waals surface area contributed by atoms with Crippen LogP contribution in [0.5, 0.6) is 0 Å². The first kappa shape index (κ1) is 20.0. The van der Waals surface area contributed by atoms with Crippen LogP contribution in [0, 0.1) is 0 Å². The van der Waals surface area contributed by atoms with E-state index in [-0.39, 0.29) is 6.04 Å². The molecule has 12 heteroatoms. The highest BCUT2D eigenvalue weighted by Gasteiger charge is 2.39. The van der Waals surface area contributed by atoms with Crippen LogP contribution in [0.4, 0.5) is 5.82 Å². The van der Waals surface area contributed by atoms with Gasteiger partial charge in [-0.2, -0.15) is 12.7 Å². The first-order chi connectivity index (χ1) is 13.7. The molecular weight excluding hydrogens is 420 g/mol. The molecule has 1 fully saturated rings. The summed E-state index contributed by atoms with van der Waals surface area (Å²) < 4.78 is 32.8. The fraction of sp³-hybridized carbons (Fsp3) is 0.353. The van der Waals surface area contributed by atoms with Gasteiger partial charge in [-0.3, -0.25) is 4.55 Å². The van der Waals surface area contributed by atoms with Crippen molar-refractivity contribution in [2.75, 3.05) is 12.4 Å². The third-order valence-electron chi connectivity index (χ3n) is 5.07. The minimum Gasteiger partial charge on any atom is -0.391 e. The number of H-pyrrole nitrogens is 1. The summed E-state index contributed by atoms with van der Waals surface area (Å²) in [6.07, 6.45) is 1.07. The van der Waals surface area contributed by atoms with Crippen molar-refractivity contribution in [3.05, 3.63) is 35.6 Å². The molecule has 3 atom stereocenters. The van der Waals surface area contributed by atoms with Gasteiger partial charge < -0.3 is 15.4 Å². The van der Waals surface area contributed by atoms with Gasteiger partial charge in [0.15, 0.2) is 11.5 Å². The lowest BCUT2D eigenvalue weighted by Crippen LogP contribution is -2.41. The Kier molecular flexibility index (Phi) is 5.17. The Balaban J connectivity index is 1.58. The molecule has 0 radical (unpaired) electrons. The summed E-state index contributed by atoms with van der Waals surface area (Å²) in [7, 11) is -3.15. The molecule has 29 heavy (non-hydrogen) atoms. The molecular formula is C17H19ClN6O4S. The first-order valence-electron chi connectivity index (χ1n) is 8.84. The lowest BCUT2D eigenvalue weighted by atomic mass is 10.2. The summed E-state index contributed by atoms with van der Waals surface area (Å²) in [6.45, 7) is 0. The van der Waals surface area contributed by atoms with E-state index in [4.69, 9.17) is 11.6 Å². The van der Waals surface area contributed by atoms with Gasteiger partial charge in [-0.15, -0.1) is 0 Å². The average Bonchev–Trinajstić information content (AvgIpc) is 3.25. The fourth-order valence-electron chi connectivity index (χ4n) is 3.55. The molecule has 4 N–H and O–H groups in total. The predicted molar refractivity (Wildman–Crippen MR) is 108 cm³/mol.